The second-order valence-corrected chi connectivity index (χ2v) is 9.55. The van der Waals surface area contributed by atoms with Crippen molar-refractivity contribution in [2.24, 2.45) is 5.92 Å². The molecule has 174 valence electrons. The van der Waals surface area contributed by atoms with Gasteiger partial charge in [0.2, 0.25) is 5.91 Å². The summed E-state index contributed by atoms with van der Waals surface area (Å²) in [5.41, 5.74) is 1.77. The van der Waals surface area contributed by atoms with Gasteiger partial charge in [-0.2, -0.15) is 0 Å². The Balaban J connectivity index is 1.61. The zero-order valence-electron chi connectivity index (χ0n) is 19.3. The largest absolute Gasteiger partial charge is 0.394 e. The van der Waals surface area contributed by atoms with Crippen molar-refractivity contribution in [1.29, 1.82) is 0 Å². The van der Waals surface area contributed by atoms with Crippen molar-refractivity contribution in [3.05, 3.63) is 41.5 Å². The van der Waals surface area contributed by atoms with E-state index in [1.807, 2.05) is 37.8 Å². The lowest BCUT2D eigenvalue weighted by Crippen LogP contribution is -2.86. The standard InChI is InChI=1S/C25H35N3O4/c1-4-5-18-6-8-19(9-7-18)22-21(14-29)28(23(30)20-10-12-32-13-11-20)25(22)15-27(16-25)24(31)26-17(2)3/h4-9,17,20-22,29H,10-16H2,1-3H3,(H,26,31)/b5-4+/t21-,22-/m1/s1. The zero-order valence-corrected chi connectivity index (χ0v) is 19.3. The summed E-state index contributed by atoms with van der Waals surface area (Å²) in [6, 6.07) is 8.02. The van der Waals surface area contributed by atoms with E-state index >= 15 is 0 Å². The SMILES string of the molecule is C/C=C/c1ccc([C@@H]2[C@@H](CO)N(C(=O)C3CCOCC3)C23CN(C(=O)NC(C)C)C3)cc1. The molecule has 3 amide bonds. The monoisotopic (exact) mass is 441 g/mol. The van der Waals surface area contributed by atoms with Crippen LogP contribution in [0.4, 0.5) is 4.79 Å². The van der Waals surface area contributed by atoms with E-state index in [2.05, 4.69) is 29.6 Å². The van der Waals surface area contributed by atoms with E-state index < -0.39 is 5.54 Å². The van der Waals surface area contributed by atoms with Gasteiger partial charge < -0.3 is 25.0 Å². The van der Waals surface area contributed by atoms with Crippen molar-refractivity contribution >= 4 is 18.0 Å². The number of nitrogens with zero attached hydrogens (tertiary/aromatic N) is 2. The molecule has 3 heterocycles. The number of carbonyl (C=O) groups excluding carboxylic acids is 2. The third kappa shape index (κ3) is 3.92. The van der Waals surface area contributed by atoms with Crippen LogP contribution in [0.25, 0.3) is 6.08 Å². The number of carbonyl (C=O) groups is 2. The molecule has 0 bridgehead atoms. The fraction of sp³-hybridized carbons (Fsp3) is 0.600. The molecular formula is C25H35N3O4. The molecule has 3 aliphatic rings. The fourth-order valence-electron chi connectivity index (χ4n) is 5.60. The summed E-state index contributed by atoms with van der Waals surface area (Å²) in [6.07, 6.45) is 5.47. The Morgan fingerprint density at radius 1 is 1.22 bits per heavy atom. The van der Waals surface area contributed by atoms with Crippen LogP contribution >= 0.6 is 0 Å². The Kier molecular flexibility index (Phi) is 6.58. The second-order valence-electron chi connectivity index (χ2n) is 9.55. The first-order valence-corrected chi connectivity index (χ1v) is 11.7. The van der Waals surface area contributed by atoms with Crippen molar-refractivity contribution in [3.8, 4) is 0 Å². The van der Waals surface area contributed by atoms with E-state index in [9.17, 15) is 14.7 Å². The topological polar surface area (TPSA) is 82.1 Å². The first kappa shape index (κ1) is 22.8. The van der Waals surface area contributed by atoms with Crippen LogP contribution in [0.3, 0.4) is 0 Å². The van der Waals surface area contributed by atoms with E-state index in [1.165, 1.54) is 0 Å². The number of likely N-dealkylation sites (tertiary alicyclic amines) is 2. The van der Waals surface area contributed by atoms with Gasteiger partial charge in [0, 0.05) is 44.2 Å². The molecule has 3 saturated heterocycles. The molecule has 3 fully saturated rings. The molecule has 3 aliphatic heterocycles. The van der Waals surface area contributed by atoms with Crippen LogP contribution in [0, 0.1) is 5.92 Å². The second kappa shape index (κ2) is 9.24. The van der Waals surface area contributed by atoms with Gasteiger partial charge in [0.25, 0.3) is 0 Å². The molecule has 7 heteroatoms. The van der Waals surface area contributed by atoms with Crippen LogP contribution in [0.15, 0.2) is 30.3 Å². The molecular weight excluding hydrogens is 406 g/mol. The molecule has 1 aromatic carbocycles. The highest BCUT2D eigenvalue weighted by Gasteiger charge is 2.68. The highest BCUT2D eigenvalue weighted by Crippen LogP contribution is 2.54. The van der Waals surface area contributed by atoms with Gasteiger partial charge in [0.1, 0.15) is 0 Å². The molecule has 4 rings (SSSR count). The van der Waals surface area contributed by atoms with Crippen LogP contribution in [0.5, 0.6) is 0 Å². The lowest BCUT2D eigenvalue weighted by atomic mass is 9.60. The minimum Gasteiger partial charge on any atom is -0.394 e. The molecule has 32 heavy (non-hydrogen) atoms. The Hall–Kier alpha value is -2.38. The molecule has 7 nitrogen and oxygen atoms in total. The zero-order chi connectivity index (χ0) is 22.9. The number of amides is 3. The molecule has 0 radical (unpaired) electrons. The Morgan fingerprint density at radius 3 is 2.44 bits per heavy atom. The van der Waals surface area contributed by atoms with Crippen LogP contribution in [0.2, 0.25) is 0 Å². The minimum absolute atomic E-state index is 0.000883. The first-order valence-electron chi connectivity index (χ1n) is 11.7. The van der Waals surface area contributed by atoms with E-state index in [1.54, 1.807) is 4.90 Å². The van der Waals surface area contributed by atoms with Crippen molar-refractivity contribution < 1.29 is 19.4 Å². The number of urea groups is 1. The smallest absolute Gasteiger partial charge is 0.317 e. The van der Waals surface area contributed by atoms with Crippen LogP contribution in [-0.2, 0) is 9.53 Å². The first-order chi connectivity index (χ1) is 15.4. The molecule has 0 saturated carbocycles. The quantitative estimate of drug-likeness (QED) is 0.736. The van der Waals surface area contributed by atoms with E-state index in [0.717, 1.165) is 11.1 Å². The molecule has 2 atom stereocenters. The maximum atomic E-state index is 13.6. The van der Waals surface area contributed by atoms with E-state index in [4.69, 9.17) is 4.74 Å². The van der Waals surface area contributed by atoms with Gasteiger partial charge in [-0.15, -0.1) is 0 Å². The maximum Gasteiger partial charge on any atom is 0.317 e. The number of hydrogen-bond acceptors (Lipinski definition) is 4. The Labute approximate surface area is 190 Å². The lowest BCUT2D eigenvalue weighted by molar-refractivity contribution is -0.198. The molecule has 0 aromatic heterocycles. The number of benzene rings is 1. The summed E-state index contributed by atoms with van der Waals surface area (Å²) in [7, 11) is 0. The molecule has 1 aromatic rings. The van der Waals surface area contributed by atoms with Crippen molar-refractivity contribution in [2.75, 3.05) is 32.9 Å². The molecule has 2 N–H and O–H groups in total. The van der Waals surface area contributed by atoms with Crippen LogP contribution in [0.1, 0.15) is 50.7 Å². The van der Waals surface area contributed by atoms with Crippen LogP contribution in [-0.4, -0.2) is 77.4 Å². The highest BCUT2D eigenvalue weighted by molar-refractivity contribution is 5.84. The van der Waals surface area contributed by atoms with Crippen molar-refractivity contribution in [3.63, 3.8) is 0 Å². The minimum atomic E-state index is -0.459. The lowest BCUT2D eigenvalue weighted by Gasteiger charge is -2.70. The number of ether oxygens (including phenoxy) is 1. The van der Waals surface area contributed by atoms with Crippen molar-refractivity contribution in [2.45, 2.75) is 57.2 Å². The summed E-state index contributed by atoms with van der Waals surface area (Å²) >= 11 is 0. The van der Waals surface area contributed by atoms with Gasteiger partial charge in [-0.3, -0.25) is 4.79 Å². The molecule has 0 aliphatic carbocycles. The average molecular weight is 442 g/mol. The summed E-state index contributed by atoms with van der Waals surface area (Å²) in [4.78, 5) is 29.8. The maximum absolute atomic E-state index is 13.6. The Morgan fingerprint density at radius 2 is 1.88 bits per heavy atom. The predicted molar refractivity (Wildman–Crippen MR) is 123 cm³/mol. The van der Waals surface area contributed by atoms with Crippen molar-refractivity contribution in [1.82, 2.24) is 15.1 Å². The van der Waals surface area contributed by atoms with E-state index in [0.29, 0.717) is 39.1 Å². The van der Waals surface area contributed by atoms with Gasteiger partial charge in [0.15, 0.2) is 0 Å². The average Bonchev–Trinajstić information content (AvgIpc) is 2.74. The van der Waals surface area contributed by atoms with Gasteiger partial charge in [-0.05, 0) is 44.7 Å². The number of aliphatic hydroxyl groups is 1. The summed E-state index contributed by atoms with van der Waals surface area (Å²) in [5, 5.41) is 13.2. The van der Waals surface area contributed by atoms with E-state index in [-0.39, 0.29) is 42.5 Å². The summed E-state index contributed by atoms with van der Waals surface area (Å²) in [6.45, 7) is 7.94. The molecule has 0 unspecified atom stereocenters. The number of allylic oxidation sites excluding steroid dienone is 1. The molecule has 1 spiro atoms. The normalized spacial score (nSPS) is 25.2. The Bertz CT molecular complexity index is 854. The van der Waals surface area contributed by atoms with Gasteiger partial charge in [-0.1, -0.05) is 36.4 Å². The van der Waals surface area contributed by atoms with Gasteiger partial charge in [-0.25, -0.2) is 4.79 Å². The summed E-state index contributed by atoms with van der Waals surface area (Å²) in [5.74, 6) is 0.0170. The summed E-state index contributed by atoms with van der Waals surface area (Å²) < 4.78 is 5.45. The van der Waals surface area contributed by atoms with Gasteiger partial charge >= 0.3 is 6.03 Å². The predicted octanol–water partition coefficient (Wildman–Crippen LogP) is 2.61. The third-order valence-corrected chi connectivity index (χ3v) is 7.05. The number of hydrogen-bond donors (Lipinski definition) is 2. The number of nitrogens with one attached hydrogen (secondary N) is 1. The fourth-order valence-corrected chi connectivity index (χ4v) is 5.60. The number of aliphatic hydroxyl groups excluding tert-OH is 1. The van der Waals surface area contributed by atoms with Gasteiger partial charge in [0.05, 0.1) is 18.2 Å². The van der Waals surface area contributed by atoms with Crippen LogP contribution < -0.4 is 5.32 Å². The highest BCUT2D eigenvalue weighted by atomic mass is 16.5. The number of rotatable bonds is 5. The third-order valence-electron chi connectivity index (χ3n) is 7.05.